The summed E-state index contributed by atoms with van der Waals surface area (Å²) in [5.41, 5.74) is 2.04. The second kappa shape index (κ2) is 5.38. The lowest BCUT2D eigenvalue weighted by Crippen LogP contribution is -1.98. The number of Topliss-reactive ketones (excluding diaryl/α,β-unsaturated/α-hetero) is 1. The zero-order chi connectivity index (χ0) is 10.4. The summed E-state index contributed by atoms with van der Waals surface area (Å²) >= 11 is 0. The number of hydrogen-bond acceptors (Lipinski definition) is 1. The Balaban J connectivity index is 2.73. The molecular weight excluding hydrogens is 172 g/mol. The summed E-state index contributed by atoms with van der Waals surface area (Å²) in [7, 11) is 0. The molecule has 1 heteroatoms. The number of carbonyl (C=O) groups excluding carboxylic acids is 1. The molecule has 0 saturated carbocycles. The second-order valence-electron chi connectivity index (χ2n) is 3.30. The molecule has 1 aromatic rings. The van der Waals surface area contributed by atoms with Crippen LogP contribution in [0.15, 0.2) is 36.9 Å². The molecule has 0 aromatic heterocycles. The van der Waals surface area contributed by atoms with Gasteiger partial charge in [0.05, 0.1) is 0 Å². The van der Waals surface area contributed by atoms with Gasteiger partial charge in [-0.15, -0.1) is 6.58 Å². The van der Waals surface area contributed by atoms with Crippen molar-refractivity contribution in [2.24, 2.45) is 0 Å². The smallest absolute Gasteiger partial charge is 0.163 e. The molecule has 0 atom stereocenters. The summed E-state index contributed by atoms with van der Waals surface area (Å²) in [6.45, 7) is 5.70. The fourth-order valence-electron chi connectivity index (χ4n) is 1.34. The van der Waals surface area contributed by atoms with Crippen LogP contribution < -0.4 is 0 Å². The summed E-state index contributed by atoms with van der Waals surface area (Å²) in [4.78, 5) is 11.6. The van der Waals surface area contributed by atoms with E-state index in [0.717, 1.165) is 18.4 Å². The Morgan fingerprint density at radius 2 is 2.29 bits per heavy atom. The predicted molar refractivity (Wildman–Crippen MR) is 59.6 cm³/mol. The quantitative estimate of drug-likeness (QED) is 0.511. The van der Waals surface area contributed by atoms with Gasteiger partial charge in [-0.25, -0.2) is 0 Å². The molecule has 1 nitrogen and oxygen atoms in total. The zero-order valence-electron chi connectivity index (χ0n) is 8.62. The van der Waals surface area contributed by atoms with Gasteiger partial charge >= 0.3 is 0 Å². The minimum Gasteiger partial charge on any atom is -0.294 e. The second-order valence-corrected chi connectivity index (χ2v) is 3.30. The molecule has 0 heterocycles. The maximum atomic E-state index is 11.6. The van der Waals surface area contributed by atoms with Crippen molar-refractivity contribution >= 4 is 5.78 Å². The first-order chi connectivity index (χ1) is 6.77. The predicted octanol–water partition coefficient (Wildman–Crippen LogP) is 3.40. The van der Waals surface area contributed by atoms with Gasteiger partial charge in [-0.1, -0.05) is 31.2 Å². The minimum atomic E-state index is 0.209. The summed E-state index contributed by atoms with van der Waals surface area (Å²) in [5, 5.41) is 0. The third kappa shape index (κ3) is 2.84. The average molecular weight is 188 g/mol. The van der Waals surface area contributed by atoms with E-state index in [1.165, 1.54) is 5.56 Å². The Morgan fingerprint density at radius 1 is 1.50 bits per heavy atom. The Morgan fingerprint density at radius 3 is 2.93 bits per heavy atom. The van der Waals surface area contributed by atoms with E-state index in [2.05, 4.69) is 13.5 Å². The summed E-state index contributed by atoms with van der Waals surface area (Å²) in [6, 6.07) is 7.85. The van der Waals surface area contributed by atoms with E-state index in [9.17, 15) is 4.79 Å². The highest BCUT2D eigenvalue weighted by atomic mass is 16.1. The van der Waals surface area contributed by atoms with Crippen LogP contribution >= 0.6 is 0 Å². The van der Waals surface area contributed by atoms with E-state index in [4.69, 9.17) is 0 Å². The van der Waals surface area contributed by atoms with Gasteiger partial charge in [0.1, 0.15) is 0 Å². The highest BCUT2D eigenvalue weighted by Crippen LogP contribution is 2.09. The maximum Gasteiger partial charge on any atom is 0.163 e. The van der Waals surface area contributed by atoms with Gasteiger partial charge in [0.2, 0.25) is 0 Å². The fourth-order valence-corrected chi connectivity index (χ4v) is 1.34. The molecular formula is C13H16O. The van der Waals surface area contributed by atoms with Crippen LogP contribution in [0.1, 0.15) is 35.7 Å². The molecule has 74 valence electrons. The van der Waals surface area contributed by atoms with Gasteiger partial charge in [-0.3, -0.25) is 4.79 Å². The molecule has 14 heavy (non-hydrogen) atoms. The molecule has 0 fully saturated rings. The van der Waals surface area contributed by atoms with Crippen molar-refractivity contribution < 1.29 is 4.79 Å². The zero-order valence-corrected chi connectivity index (χ0v) is 8.62. The number of carbonyl (C=O) groups is 1. The summed E-state index contributed by atoms with van der Waals surface area (Å²) < 4.78 is 0. The molecule has 0 unspecified atom stereocenters. The first kappa shape index (κ1) is 10.7. The maximum absolute atomic E-state index is 11.6. The highest BCUT2D eigenvalue weighted by Gasteiger charge is 2.04. The summed E-state index contributed by atoms with van der Waals surface area (Å²) in [5.74, 6) is 0.209. The van der Waals surface area contributed by atoms with Crippen molar-refractivity contribution in [2.75, 3.05) is 0 Å². The van der Waals surface area contributed by atoms with E-state index >= 15 is 0 Å². The van der Waals surface area contributed by atoms with E-state index in [1.54, 1.807) is 6.08 Å². The SMILES string of the molecule is C=CCCC(=O)c1cccc(CC)c1. The molecule has 1 rings (SSSR count). The number of ketones is 1. The van der Waals surface area contributed by atoms with Gasteiger partial charge in [-0.2, -0.15) is 0 Å². The molecule has 0 N–H and O–H groups in total. The molecule has 0 bridgehead atoms. The molecule has 0 spiro atoms. The Hall–Kier alpha value is -1.37. The Labute approximate surface area is 85.5 Å². The van der Waals surface area contributed by atoms with Crippen LogP contribution in [0, 0.1) is 0 Å². The van der Waals surface area contributed by atoms with Crippen molar-refractivity contribution in [1.29, 1.82) is 0 Å². The van der Waals surface area contributed by atoms with Crippen LogP contribution in [-0.4, -0.2) is 5.78 Å². The standard InChI is InChI=1S/C13H16O/c1-3-5-9-13(14)12-8-6-7-11(4-2)10-12/h3,6-8,10H,1,4-5,9H2,2H3. The van der Waals surface area contributed by atoms with Crippen LogP contribution in [0.3, 0.4) is 0 Å². The minimum absolute atomic E-state index is 0.209. The van der Waals surface area contributed by atoms with Crippen molar-refractivity contribution in [3.05, 3.63) is 48.0 Å². The molecule has 0 radical (unpaired) electrons. The van der Waals surface area contributed by atoms with Crippen LogP contribution in [0.5, 0.6) is 0 Å². The molecule has 1 aromatic carbocycles. The lowest BCUT2D eigenvalue weighted by Gasteiger charge is -2.01. The molecule has 0 aliphatic heterocycles. The normalized spacial score (nSPS) is 9.79. The first-order valence-electron chi connectivity index (χ1n) is 5.01. The third-order valence-electron chi connectivity index (χ3n) is 2.23. The first-order valence-corrected chi connectivity index (χ1v) is 5.01. The van der Waals surface area contributed by atoms with Crippen LogP contribution in [-0.2, 0) is 6.42 Å². The number of hydrogen-bond donors (Lipinski definition) is 0. The van der Waals surface area contributed by atoms with Gasteiger partial charge in [0.15, 0.2) is 5.78 Å². The van der Waals surface area contributed by atoms with Crippen molar-refractivity contribution in [3.8, 4) is 0 Å². The lowest BCUT2D eigenvalue weighted by molar-refractivity contribution is 0.0983. The van der Waals surface area contributed by atoms with Crippen molar-refractivity contribution in [3.63, 3.8) is 0 Å². The molecule has 0 aliphatic carbocycles. The Bertz CT molecular complexity index is 326. The average Bonchev–Trinajstić information content (AvgIpc) is 2.26. The van der Waals surface area contributed by atoms with Crippen molar-refractivity contribution in [1.82, 2.24) is 0 Å². The third-order valence-corrected chi connectivity index (χ3v) is 2.23. The number of rotatable bonds is 5. The van der Waals surface area contributed by atoms with Gasteiger partial charge in [-0.05, 0) is 24.5 Å². The Kier molecular flexibility index (Phi) is 4.11. The number of aryl methyl sites for hydroxylation is 1. The van der Waals surface area contributed by atoms with E-state index in [-0.39, 0.29) is 5.78 Å². The molecule has 0 saturated heterocycles. The van der Waals surface area contributed by atoms with E-state index < -0.39 is 0 Å². The van der Waals surface area contributed by atoms with Gasteiger partial charge < -0.3 is 0 Å². The van der Waals surface area contributed by atoms with Crippen LogP contribution in [0.4, 0.5) is 0 Å². The van der Waals surface area contributed by atoms with E-state index in [1.807, 2.05) is 24.3 Å². The topological polar surface area (TPSA) is 17.1 Å². The molecule has 0 amide bonds. The summed E-state index contributed by atoms with van der Waals surface area (Å²) in [6.07, 6.45) is 4.08. The van der Waals surface area contributed by atoms with E-state index in [0.29, 0.717) is 6.42 Å². The van der Waals surface area contributed by atoms with Crippen LogP contribution in [0.2, 0.25) is 0 Å². The fraction of sp³-hybridized carbons (Fsp3) is 0.308. The van der Waals surface area contributed by atoms with Gasteiger partial charge in [0, 0.05) is 12.0 Å². The monoisotopic (exact) mass is 188 g/mol. The number of benzene rings is 1. The van der Waals surface area contributed by atoms with Crippen LogP contribution in [0.25, 0.3) is 0 Å². The highest BCUT2D eigenvalue weighted by molar-refractivity contribution is 5.96. The van der Waals surface area contributed by atoms with Crippen molar-refractivity contribution in [2.45, 2.75) is 26.2 Å². The largest absolute Gasteiger partial charge is 0.294 e. The molecule has 0 aliphatic rings. The van der Waals surface area contributed by atoms with Gasteiger partial charge in [0.25, 0.3) is 0 Å². The number of allylic oxidation sites excluding steroid dienone is 1. The lowest BCUT2D eigenvalue weighted by atomic mass is 10.0.